The molecule has 1 aromatic rings. The second-order valence-electron chi connectivity index (χ2n) is 9.82. The van der Waals surface area contributed by atoms with E-state index in [1.54, 1.807) is 4.31 Å². The average Bonchev–Trinajstić information content (AvgIpc) is 2.67. The van der Waals surface area contributed by atoms with Gasteiger partial charge in [0, 0.05) is 38.1 Å². The van der Waals surface area contributed by atoms with E-state index in [1.807, 2.05) is 32.9 Å². The van der Waals surface area contributed by atoms with Gasteiger partial charge in [0.1, 0.15) is 0 Å². The Hall–Kier alpha value is -1.44. The van der Waals surface area contributed by atoms with E-state index in [-0.39, 0.29) is 17.9 Å². The number of nitrogens with one attached hydrogen (secondary N) is 1. The Morgan fingerprint density at radius 1 is 1.10 bits per heavy atom. The van der Waals surface area contributed by atoms with Crippen LogP contribution in [-0.4, -0.2) is 62.3 Å². The Balaban J connectivity index is 1.54. The van der Waals surface area contributed by atoms with E-state index < -0.39 is 10.0 Å². The minimum absolute atomic E-state index is 0.0669. The van der Waals surface area contributed by atoms with Crippen LogP contribution in [0.2, 0.25) is 0 Å². The number of nitrogens with zero attached hydrogens (tertiary/aromatic N) is 2. The summed E-state index contributed by atoms with van der Waals surface area (Å²) in [6.07, 6.45) is 3.67. The van der Waals surface area contributed by atoms with Crippen molar-refractivity contribution in [2.45, 2.75) is 71.2 Å². The molecule has 2 heterocycles. The molecule has 0 aliphatic carbocycles. The highest BCUT2D eigenvalue weighted by molar-refractivity contribution is 7.89. The Morgan fingerprint density at radius 3 is 2.29 bits per heavy atom. The molecule has 2 saturated heterocycles. The van der Waals surface area contributed by atoms with Crippen LogP contribution in [0, 0.1) is 32.6 Å². The van der Waals surface area contributed by atoms with E-state index >= 15 is 0 Å². The molecule has 174 valence electrons. The van der Waals surface area contributed by atoms with Crippen molar-refractivity contribution in [2.75, 3.05) is 32.7 Å². The third-order valence-electron chi connectivity index (χ3n) is 6.69. The number of hydrogen-bond acceptors (Lipinski definition) is 4. The van der Waals surface area contributed by atoms with E-state index in [0.717, 1.165) is 42.2 Å². The number of hydrogen-bond donors (Lipinski definition) is 1. The Morgan fingerprint density at radius 2 is 1.71 bits per heavy atom. The summed E-state index contributed by atoms with van der Waals surface area (Å²) in [5, 5.41) is 3.17. The van der Waals surface area contributed by atoms with Crippen LogP contribution in [0.25, 0.3) is 0 Å². The molecule has 2 fully saturated rings. The van der Waals surface area contributed by atoms with Gasteiger partial charge in [-0.15, -0.1) is 0 Å². The zero-order chi connectivity index (χ0) is 22.8. The first-order chi connectivity index (χ1) is 14.6. The highest BCUT2D eigenvalue weighted by Crippen LogP contribution is 2.29. The number of carbonyl (C=O) groups excluding carboxylic acids is 1. The molecule has 2 aliphatic heterocycles. The second-order valence-corrected chi connectivity index (χ2v) is 11.7. The molecule has 2 atom stereocenters. The lowest BCUT2D eigenvalue weighted by molar-refractivity contribution is -0.126. The number of piperidine rings is 2. The van der Waals surface area contributed by atoms with E-state index in [1.165, 1.54) is 12.8 Å². The maximum absolute atomic E-state index is 13.3. The first-order valence-corrected chi connectivity index (χ1v) is 13.1. The van der Waals surface area contributed by atoms with Gasteiger partial charge in [-0.2, -0.15) is 4.31 Å². The quantitative estimate of drug-likeness (QED) is 0.724. The van der Waals surface area contributed by atoms with Crippen LogP contribution < -0.4 is 5.32 Å². The van der Waals surface area contributed by atoms with Crippen LogP contribution in [0.15, 0.2) is 17.0 Å². The van der Waals surface area contributed by atoms with Gasteiger partial charge in [0.05, 0.1) is 4.90 Å². The SMILES string of the molecule is Cc1cc(C)c(S(=O)(=O)N2CCC(C(=O)NC(C)CN3CCCC(C)C3)CC2)c(C)c1. The standard InChI is InChI=1S/C24H39N3O3S/c1-17-7-6-10-26(15-17)16-21(5)25-24(28)22-8-11-27(12-9-22)31(29,30)23-19(3)13-18(2)14-20(23)4/h13-14,17,21-22H,6-12,15-16H2,1-5H3,(H,25,28). The normalized spacial score (nSPS) is 22.9. The molecule has 0 saturated carbocycles. The number of sulfonamides is 1. The molecule has 31 heavy (non-hydrogen) atoms. The average molecular weight is 450 g/mol. The van der Waals surface area contributed by atoms with Crippen LogP contribution in [0.3, 0.4) is 0 Å². The fraction of sp³-hybridized carbons (Fsp3) is 0.708. The summed E-state index contributed by atoms with van der Waals surface area (Å²) < 4.78 is 28.1. The molecule has 0 bridgehead atoms. The van der Waals surface area contributed by atoms with Gasteiger partial charge < -0.3 is 10.2 Å². The molecule has 1 aromatic carbocycles. The Bertz CT molecular complexity index is 868. The Kier molecular flexibility index (Phi) is 7.81. The number of rotatable bonds is 6. The summed E-state index contributed by atoms with van der Waals surface area (Å²) in [7, 11) is -3.54. The van der Waals surface area contributed by atoms with Gasteiger partial charge >= 0.3 is 0 Å². The monoisotopic (exact) mass is 449 g/mol. The highest BCUT2D eigenvalue weighted by atomic mass is 32.2. The first-order valence-electron chi connectivity index (χ1n) is 11.7. The third-order valence-corrected chi connectivity index (χ3v) is 8.89. The minimum Gasteiger partial charge on any atom is -0.352 e. The minimum atomic E-state index is -3.54. The predicted octanol–water partition coefficient (Wildman–Crippen LogP) is 3.25. The van der Waals surface area contributed by atoms with Crippen molar-refractivity contribution in [3.8, 4) is 0 Å². The summed E-state index contributed by atoms with van der Waals surface area (Å²) in [6, 6.07) is 3.95. The van der Waals surface area contributed by atoms with Crippen molar-refractivity contribution in [2.24, 2.45) is 11.8 Å². The maximum atomic E-state index is 13.3. The number of aryl methyl sites for hydroxylation is 3. The number of benzene rings is 1. The molecule has 2 unspecified atom stereocenters. The largest absolute Gasteiger partial charge is 0.352 e. The number of amides is 1. The van der Waals surface area contributed by atoms with Crippen molar-refractivity contribution < 1.29 is 13.2 Å². The molecular weight excluding hydrogens is 410 g/mol. The van der Waals surface area contributed by atoms with Crippen molar-refractivity contribution in [1.82, 2.24) is 14.5 Å². The first kappa shape index (κ1) is 24.2. The predicted molar refractivity (Wildman–Crippen MR) is 125 cm³/mol. The number of likely N-dealkylation sites (tertiary alicyclic amines) is 1. The lowest BCUT2D eigenvalue weighted by atomic mass is 9.96. The summed E-state index contributed by atoms with van der Waals surface area (Å²) >= 11 is 0. The van der Waals surface area contributed by atoms with Gasteiger partial charge in [0.2, 0.25) is 15.9 Å². The molecule has 3 rings (SSSR count). The maximum Gasteiger partial charge on any atom is 0.243 e. The zero-order valence-corrected chi connectivity index (χ0v) is 20.6. The smallest absolute Gasteiger partial charge is 0.243 e. The molecule has 0 radical (unpaired) electrons. The van der Waals surface area contributed by atoms with Crippen molar-refractivity contribution in [3.05, 3.63) is 28.8 Å². The van der Waals surface area contributed by atoms with Crippen LogP contribution >= 0.6 is 0 Å². The van der Waals surface area contributed by atoms with Crippen molar-refractivity contribution >= 4 is 15.9 Å². The molecule has 1 amide bonds. The lowest BCUT2D eigenvalue weighted by Crippen LogP contribution is -2.48. The van der Waals surface area contributed by atoms with E-state index in [4.69, 9.17) is 0 Å². The zero-order valence-electron chi connectivity index (χ0n) is 19.8. The van der Waals surface area contributed by atoms with Crippen molar-refractivity contribution in [3.63, 3.8) is 0 Å². The molecule has 1 N–H and O–H groups in total. The van der Waals surface area contributed by atoms with Crippen molar-refractivity contribution in [1.29, 1.82) is 0 Å². The summed E-state index contributed by atoms with van der Waals surface area (Å²) in [6.45, 7) is 13.9. The fourth-order valence-electron chi connectivity index (χ4n) is 5.31. The second kappa shape index (κ2) is 10.0. The Labute approximate surface area is 188 Å². The van der Waals surface area contributed by atoms with E-state index in [0.29, 0.717) is 30.8 Å². The lowest BCUT2D eigenvalue weighted by Gasteiger charge is -2.34. The van der Waals surface area contributed by atoms with Gasteiger partial charge in [-0.3, -0.25) is 4.79 Å². The van der Waals surface area contributed by atoms with Gasteiger partial charge in [-0.25, -0.2) is 8.42 Å². The molecular formula is C24H39N3O3S. The van der Waals surface area contributed by atoms with E-state index in [2.05, 4.69) is 24.1 Å². The molecule has 0 aromatic heterocycles. The van der Waals surface area contributed by atoms with E-state index in [9.17, 15) is 13.2 Å². The highest BCUT2D eigenvalue weighted by Gasteiger charge is 2.34. The van der Waals surface area contributed by atoms with Gasteiger partial charge in [-0.1, -0.05) is 24.6 Å². The van der Waals surface area contributed by atoms with Gasteiger partial charge in [0.15, 0.2) is 0 Å². The topological polar surface area (TPSA) is 69.7 Å². The molecule has 2 aliphatic rings. The number of carbonyl (C=O) groups is 1. The summed E-state index contributed by atoms with van der Waals surface area (Å²) in [4.78, 5) is 15.7. The van der Waals surface area contributed by atoms with Crippen LogP contribution in [0.5, 0.6) is 0 Å². The fourth-order valence-corrected chi connectivity index (χ4v) is 7.19. The molecule has 6 nitrogen and oxygen atoms in total. The summed E-state index contributed by atoms with van der Waals surface area (Å²) in [5.41, 5.74) is 2.65. The molecule has 7 heteroatoms. The van der Waals surface area contributed by atoms with Crippen LogP contribution in [-0.2, 0) is 14.8 Å². The molecule has 0 spiro atoms. The van der Waals surface area contributed by atoms with Crippen LogP contribution in [0.1, 0.15) is 56.2 Å². The summed E-state index contributed by atoms with van der Waals surface area (Å²) in [5.74, 6) is 0.676. The third kappa shape index (κ3) is 5.88. The van der Waals surface area contributed by atoms with Gasteiger partial charge in [-0.05, 0) is 77.0 Å². The van der Waals surface area contributed by atoms with Crippen LogP contribution in [0.4, 0.5) is 0 Å². The van der Waals surface area contributed by atoms with Gasteiger partial charge in [0.25, 0.3) is 0 Å².